The molecule has 21 heavy (non-hydrogen) atoms. The topological polar surface area (TPSA) is 65.5 Å². The Labute approximate surface area is 151 Å². The third-order valence-corrected chi connectivity index (χ3v) is 3.10. The molecular formula is C14H22BrIN4O. The summed E-state index contributed by atoms with van der Waals surface area (Å²) >= 11 is 3.34. The second-order valence-electron chi connectivity index (χ2n) is 4.19. The molecule has 1 aromatic rings. The number of rotatable bonds is 6. The summed E-state index contributed by atoms with van der Waals surface area (Å²) < 4.78 is 0.960. The lowest BCUT2D eigenvalue weighted by Crippen LogP contribution is -2.41. The van der Waals surface area contributed by atoms with Gasteiger partial charge in [-0.1, -0.05) is 22.9 Å². The van der Waals surface area contributed by atoms with Gasteiger partial charge in [0.25, 0.3) is 5.91 Å². The number of hydrogen-bond acceptors (Lipinski definition) is 2. The van der Waals surface area contributed by atoms with Crippen LogP contribution in [0.5, 0.6) is 0 Å². The molecule has 3 N–H and O–H groups in total. The zero-order valence-electron chi connectivity index (χ0n) is 12.3. The van der Waals surface area contributed by atoms with Crippen LogP contribution in [-0.2, 0) is 0 Å². The predicted octanol–water partition coefficient (Wildman–Crippen LogP) is 2.37. The molecule has 0 aromatic heterocycles. The molecule has 1 aromatic carbocycles. The number of nitrogens with zero attached hydrogens (tertiary/aromatic N) is 1. The number of carbonyl (C=O) groups is 1. The minimum Gasteiger partial charge on any atom is -0.356 e. The minimum absolute atomic E-state index is 0. The Kier molecular flexibility index (Phi) is 11.3. The van der Waals surface area contributed by atoms with Gasteiger partial charge in [0.15, 0.2) is 5.96 Å². The normalized spacial score (nSPS) is 10.5. The molecule has 0 aliphatic rings. The smallest absolute Gasteiger partial charge is 0.251 e. The van der Waals surface area contributed by atoms with Crippen LogP contribution in [0.25, 0.3) is 0 Å². The molecule has 0 radical (unpaired) electrons. The monoisotopic (exact) mass is 468 g/mol. The van der Waals surface area contributed by atoms with E-state index in [1.54, 1.807) is 19.2 Å². The Morgan fingerprint density at radius 2 is 1.67 bits per heavy atom. The van der Waals surface area contributed by atoms with Gasteiger partial charge in [-0.2, -0.15) is 0 Å². The Morgan fingerprint density at radius 3 is 2.24 bits per heavy atom. The molecule has 0 heterocycles. The van der Waals surface area contributed by atoms with Crippen LogP contribution < -0.4 is 16.0 Å². The van der Waals surface area contributed by atoms with E-state index in [1.807, 2.05) is 12.1 Å². The molecule has 0 atom stereocenters. The van der Waals surface area contributed by atoms with Crippen LogP contribution in [0.4, 0.5) is 0 Å². The van der Waals surface area contributed by atoms with E-state index in [1.165, 1.54) is 0 Å². The van der Waals surface area contributed by atoms with Crippen molar-refractivity contribution in [3.05, 3.63) is 34.3 Å². The zero-order valence-corrected chi connectivity index (χ0v) is 16.2. The van der Waals surface area contributed by atoms with Gasteiger partial charge in [0, 0.05) is 36.7 Å². The van der Waals surface area contributed by atoms with Crippen LogP contribution in [0.1, 0.15) is 23.7 Å². The number of halogens is 2. The molecule has 5 nitrogen and oxygen atoms in total. The Balaban J connectivity index is 0.00000400. The average molecular weight is 469 g/mol. The molecule has 1 amide bonds. The van der Waals surface area contributed by atoms with Crippen molar-refractivity contribution in [2.75, 3.05) is 26.7 Å². The van der Waals surface area contributed by atoms with Gasteiger partial charge in [0.05, 0.1) is 0 Å². The molecule has 118 valence electrons. The number of nitrogens with one attached hydrogen (secondary N) is 3. The SMILES string of the molecule is CCCNC(=NC)NCCNC(=O)c1ccc(Br)cc1.I. The first-order chi connectivity index (χ1) is 9.67. The van der Waals surface area contributed by atoms with E-state index in [0.717, 1.165) is 23.4 Å². The first kappa shape index (κ1) is 20.2. The number of carbonyl (C=O) groups excluding carboxylic acids is 1. The molecule has 0 fully saturated rings. The fourth-order valence-electron chi connectivity index (χ4n) is 1.52. The van der Waals surface area contributed by atoms with Crippen LogP contribution in [-0.4, -0.2) is 38.5 Å². The minimum atomic E-state index is -0.0733. The first-order valence-corrected chi connectivity index (χ1v) is 7.45. The third-order valence-electron chi connectivity index (χ3n) is 2.58. The molecule has 7 heteroatoms. The summed E-state index contributed by atoms with van der Waals surface area (Å²) in [6.07, 6.45) is 1.04. The fourth-order valence-corrected chi connectivity index (χ4v) is 1.79. The molecule has 0 aliphatic heterocycles. The molecule has 0 saturated carbocycles. The van der Waals surface area contributed by atoms with E-state index in [0.29, 0.717) is 18.7 Å². The highest BCUT2D eigenvalue weighted by atomic mass is 127. The van der Waals surface area contributed by atoms with Crippen molar-refractivity contribution in [1.29, 1.82) is 0 Å². The van der Waals surface area contributed by atoms with E-state index >= 15 is 0 Å². The second kappa shape index (κ2) is 11.8. The van der Waals surface area contributed by atoms with Crippen molar-refractivity contribution < 1.29 is 4.79 Å². The zero-order chi connectivity index (χ0) is 14.8. The van der Waals surface area contributed by atoms with Gasteiger partial charge in [-0.05, 0) is 30.7 Å². The highest BCUT2D eigenvalue weighted by Crippen LogP contribution is 2.10. The molecule has 0 bridgehead atoms. The van der Waals surface area contributed by atoms with E-state index < -0.39 is 0 Å². The molecule has 1 rings (SSSR count). The highest BCUT2D eigenvalue weighted by Gasteiger charge is 2.04. The number of guanidine groups is 1. The molecule has 0 spiro atoms. The summed E-state index contributed by atoms with van der Waals surface area (Å²) in [6, 6.07) is 7.27. The summed E-state index contributed by atoms with van der Waals surface area (Å²) in [5.41, 5.74) is 0.654. The summed E-state index contributed by atoms with van der Waals surface area (Å²) in [5.74, 6) is 0.681. The fraction of sp³-hybridized carbons (Fsp3) is 0.429. The molecular weight excluding hydrogens is 447 g/mol. The van der Waals surface area contributed by atoms with Crippen LogP contribution >= 0.6 is 39.9 Å². The third kappa shape index (κ3) is 8.25. The maximum absolute atomic E-state index is 11.8. The lowest BCUT2D eigenvalue weighted by molar-refractivity contribution is 0.0954. The van der Waals surface area contributed by atoms with Crippen molar-refractivity contribution in [3.8, 4) is 0 Å². The van der Waals surface area contributed by atoms with Crippen LogP contribution in [0, 0.1) is 0 Å². The quantitative estimate of drug-likeness (QED) is 0.260. The summed E-state index contributed by atoms with van der Waals surface area (Å²) in [7, 11) is 1.73. The van der Waals surface area contributed by atoms with Crippen molar-refractivity contribution in [3.63, 3.8) is 0 Å². The van der Waals surface area contributed by atoms with Crippen molar-refractivity contribution >= 4 is 51.8 Å². The van der Waals surface area contributed by atoms with Crippen LogP contribution in [0.2, 0.25) is 0 Å². The maximum atomic E-state index is 11.8. The average Bonchev–Trinajstić information content (AvgIpc) is 2.47. The van der Waals surface area contributed by atoms with Crippen molar-refractivity contribution in [2.45, 2.75) is 13.3 Å². The van der Waals surface area contributed by atoms with Gasteiger partial charge in [-0.25, -0.2) is 0 Å². The Morgan fingerprint density at radius 1 is 1.10 bits per heavy atom. The number of amides is 1. The van der Waals surface area contributed by atoms with Gasteiger partial charge in [0.2, 0.25) is 0 Å². The highest BCUT2D eigenvalue weighted by molar-refractivity contribution is 14.0. The van der Waals surface area contributed by atoms with Crippen molar-refractivity contribution in [2.24, 2.45) is 4.99 Å². The van der Waals surface area contributed by atoms with Gasteiger partial charge in [-0.3, -0.25) is 9.79 Å². The number of hydrogen-bond donors (Lipinski definition) is 3. The molecule has 0 aliphatic carbocycles. The first-order valence-electron chi connectivity index (χ1n) is 6.65. The largest absolute Gasteiger partial charge is 0.356 e. The molecule has 0 unspecified atom stereocenters. The van der Waals surface area contributed by atoms with Gasteiger partial charge < -0.3 is 16.0 Å². The lowest BCUT2D eigenvalue weighted by atomic mass is 10.2. The van der Waals surface area contributed by atoms with Crippen molar-refractivity contribution in [1.82, 2.24) is 16.0 Å². The number of aliphatic imine (C=N–C) groups is 1. The van der Waals surface area contributed by atoms with Gasteiger partial charge >= 0.3 is 0 Å². The van der Waals surface area contributed by atoms with Crippen LogP contribution in [0.15, 0.2) is 33.7 Å². The van der Waals surface area contributed by atoms with Crippen LogP contribution in [0.3, 0.4) is 0 Å². The van der Waals surface area contributed by atoms with E-state index in [9.17, 15) is 4.79 Å². The second-order valence-corrected chi connectivity index (χ2v) is 5.10. The Hall–Kier alpha value is -0.830. The Bertz CT molecular complexity index is 451. The molecule has 0 saturated heterocycles. The van der Waals surface area contributed by atoms with Gasteiger partial charge in [-0.15, -0.1) is 24.0 Å². The van der Waals surface area contributed by atoms with Gasteiger partial charge in [0.1, 0.15) is 0 Å². The number of benzene rings is 1. The maximum Gasteiger partial charge on any atom is 0.251 e. The predicted molar refractivity (Wildman–Crippen MR) is 102 cm³/mol. The van der Waals surface area contributed by atoms with E-state index in [4.69, 9.17) is 0 Å². The summed E-state index contributed by atoms with van der Waals surface area (Å²) in [5, 5.41) is 9.16. The van der Waals surface area contributed by atoms with E-state index in [-0.39, 0.29) is 29.9 Å². The van der Waals surface area contributed by atoms with E-state index in [2.05, 4.69) is 43.8 Å². The standard InChI is InChI=1S/C14H21BrN4O.HI/c1-3-8-18-14(16-2)19-10-9-17-13(20)11-4-6-12(15)7-5-11;/h4-7H,3,8-10H2,1-2H3,(H,17,20)(H2,16,18,19);1H. The lowest BCUT2D eigenvalue weighted by Gasteiger charge is -2.11. The summed E-state index contributed by atoms with van der Waals surface area (Å²) in [6.45, 7) is 4.15. The summed E-state index contributed by atoms with van der Waals surface area (Å²) in [4.78, 5) is 15.9.